The zero-order valence-corrected chi connectivity index (χ0v) is 15.7. The molecule has 2 aliphatic rings. The maximum Gasteiger partial charge on any atom is 0.283 e. The molecule has 0 saturated heterocycles. The topological polar surface area (TPSA) is 113 Å². The van der Waals surface area contributed by atoms with Crippen molar-refractivity contribution in [2.24, 2.45) is 16.6 Å². The summed E-state index contributed by atoms with van der Waals surface area (Å²) in [5, 5.41) is 0. The van der Waals surface area contributed by atoms with Crippen molar-refractivity contribution < 1.29 is 23.0 Å². The zero-order valence-electron chi connectivity index (χ0n) is 15.7. The smallest absolute Gasteiger partial charge is 0.283 e. The summed E-state index contributed by atoms with van der Waals surface area (Å²) in [5.41, 5.74) is 4.58. The van der Waals surface area contributed by atoms with Gasteiger partial charge in [-0.1, -0.05) is 5.92 Å². The number of halogens is 2. The molecule has 0 spiro atoms. The molecule has 1 saturated carbocycles. The van der Waals surface area contributed by atoms with Crippen molar-refractivity contribution in [1.29, 1.82) is 0 Å². The van der Waals surface area contributed by atoms with Crippen molar-refractivity contribution in [3.63, 3.8) is 0 Å². The van der Waals surface area contributed by atoms with Crippen molar-refractivity contribution >= 4 is 11.8 Å². The lowest BCUT2D eigenvalue weighted by molar-refractivity contribution is 0.0987. The third-order valence-electron chi connectivity index (χ3n) is 5.07. The van der Waals surface area contributed by atoms with Crippen LogP contribution in [0.1, 0.15) is 28.0 Å². The van der Waals surface area contributed by atoms with Gasteiger partial charge >= 0.3 is 0 Å². The van der Waals surface area contributed by atoms with Gasteiger partial charge in [0.1, 0.15) is 24.0 Å². The number of aliphatic imine (C=N–C) groups is 1. The molecule has 0 unspecified atom stereocenters. The molecule has 154 valence electrons. The molecule has 0 radical (unpaired) electrons. The highest BCUT2D eigenvalue weighted by Gasteiger charge is 2.60. The molecule has 10 heteroatoms. The van der Waals surface area contributed by atoms with E-state index in [0.29, 0.717) is 12.0 Å². The van der Waals surface area contributed by atoms with Gasteiger partial charge in [-0.15, -0.1) is 6.42 Å². The van der Waals surface area contributed by atoms with Crippen LogP contribution in [0.15, 0.2) is 29.6 Å². The third-order valence-corrected chi connectivity index (χ3v) is 5.07. The first-order chi connectivity index (χ1) is 14.5. The fraction of sp³-hybridized carbons (Fsp3) is 0.350. The average molecular weight is 413 g/mol. The molecule has 2 N–H and O–H groups in total. The van der Waals surface area contributed by atoms with Crippen LogP contribution >= 0.6 is 0 Å². The summed E-state index contributed by atoms with van der Waals surface area (Å²) < 4.78 is 39.1. The molecular formula is C20H17F2N5O3. The van der Waals surface area contributed by atoms with Gasteiger partial charge in [0.2, 0.25) is 11.8 Å². The number of nitrogens with two attached hydrogens (primary N) is 1. The molecule has 3 atom stereocenters. The summed E-state index contributed by atoms with van der Waals surface area (Å²) in [7, 11) is 0. The summed E-state index contributed by atoms with van der Waals surface area (Å²) in [5.74, 6) is 0.913. The number of nitrogens with zero attached hydrogens (tertiary/aromatic N) is 4. The zero-order chi connectivity index (χ0) is 21.3. The van der Waals surface area contributed by atoms with E-state index in [2.05, 4.69) is 25.9 Å². The Morgan fingerprint density at radius 2 is 2.20 bits per heavy atom. The molecule has 4 rings (SSSR count). The first-order valence-electron chi connectivity index (χ1n) is 9.11. The predicted molar refractivity (Wildman–Crippen MR) is 101 cm³/mol. The number of hydrogen-bond acceptors (Lipinski definition) is 8. The predicted octanol–water partition coefficient (Wildman–Crippen LogP) is 1.35. The Hall–Kier alpha value is -3.61. The van der Waals surface area contributed by atoms with Crippen molar-refractivity contribution in [2.45, 2.75) is 24.5 Å². The second kappa shape index (κ2) is 7.67. The molecule has 3 heterocycles. The quantitative estimate of drug-likeness (QED) is 0.414. The Morgan fingerprint density at radius 3 is 2.90 bits per heavy atom. The number of ketones is 1. The van der Waals surface area contributed by atoms with E-state index in [9.17, 15) is 13.6 Å². The molecule has 1 aliphatic carbocycles. The van der Waals surface area contributed by atoms with E-state index in [1.54, 1.807) is 0 Å². The lowest BCUT2D eigenvalue weighted by Gasteiger charge is -2.31. The maximum atomic E-state index is 14.5. The van der Waals surface area contributed by atoms with Crippen LogP contribution in [0.4, 0.5) is 8.78 Å². The number of fused-ring (bicyclic) bond motifs is 1. The van der Waals surface area contributed by atoms with Gasteiger partial charge < -0.3 is 15.2 Å². The second-order valence-electron chi connectivity index (χ2n) is 7.02. The first kappa shape index (κ1) is 19.7. The number of ether oxygens (including phenoxy) is 2. The molecule has 0 amide bonds. The number of terminal acetylenes is 1. The van der Waals surface area contributed by atoms with E-state index in [1.807, 2.05) is 0 Å². The minimum atomic E-state index is -1.50. The molecule has 0 bridgehead atoms. The number of alkyl halides is 1. The van der Waals surface area contributed by atoms with Gasteiger partial charge in [0.25, 0.3) is 6.02 Å². The van der Waals surface area contributed by atoms with Crippen LogP contribution in [0.2, 0.25) is 0 Å². The maximum absolute atomic E-state index is 14.5. The summed E-state index contributed by atoms with van der Waals surface area (Å²) in [6.45, 7) is -0.930. The number of carbonyl (C=O) groups excluding carboxylic acids is 1. The molecule has 1 fully saturated rings. The number of pyridine rings is 1. The first-order valence-corrected chi connectivity index (χ1v) is 9.11. The van der Waals surface area contributed by atoms with Gasteiger partial charge in [0, 0.05) is 24.1 Å². The number of Topliss-reactive ketones (excluding diaryl/α,β-unsaturated/α-hetero) is 1. The van der Waals surface area contributed by atoms with Gasteiger partial charge in [-0.3, -0.25) is 4.79 Å². The van der Waals surface area contributed by atoms with Crippen LogP contribution in [0.3, 0.4) is 0 Å². The monoisotopic (exact) mass is 413 g/mol. The average Bonchev–Trinajstić information content (AvgIpc) is 3.53. The highest BCUT2D eigenvalue weighted by atomic mass is 19.1. The Kier molecular flexibility index (Phi) is 5.03. The highest BCUT2D eigenvalue weighted by molar-refractivity contribution is 5.95. The lowest BCUT2D eigenvalue weighted by atomic mass is 9.85. The van der Waals surface area contributed by atoms with Gasteiger partial charge in [0.15, 0.2) is 12.4 Å². The van der Waals surface area contributed by atoms with Crippen LogP contribution in [0.25, 0.3) is 0 Å². The second-order valence-corrected chi connectivity index (χ2v) is 7.02. The fourth-order valence-electron chi connectivity index (χ4n) is 3.54. The Bertz CT molecular complexity index is 1050. The van der Waals surface area contributed by atoms with Gasteiger partial charge in [0.05, 0.1) is 12.4 Å². The minimum Gasteiger partial charge on any atom is -0.463 e. The van der Waals surface area contributed by atoms with E-state index in [-0.39, 0.29) is 54.0 Å². The Morgan fingerprint density at radius 1 is 1.37 bits per heavy atom. The highest BCUT2D eigenvalue weighted by Crippen LogP contribution is 2.53. The van der Waals surface area contributed by atoms with Crippen molar-refractivity contribution in [2.75, 3.05) is 13.3 Å². The molecule has 0 aromatic carbocycles. The van der Waals surface area contributed by atoms with E-state index >= 15 is 0 Å². The number of amidine groups is 1. The minimum absolute atomic E-state index is 0.0300. The summed E-state index contributed by atoms with van der Waals surface area (Å²) in [4.78, 5) is 28.3. The molecule has 1 aliphatic heterocycles. The van der Waals surface area contributed by atoms with Crippen molar-refractivity contribution in [3.8, 4) is 18.2 Å². The standard InChI is InChI=1S/C20H17F2N5O3/c1-2-3-29-17-9-24-14(8-25-17)15(28)5-11-4-13(18(22)26-7-11)20(10-21)12-6-16(12)30-19(23)27-20/h1,4,7-9,12,16H,3,5-6,10H2,(H2,23,27)/t12-,16+,20-/m0/s1. The summed E-state index contributed by atoms with van der Waals surface area (Å²) in [6.07, 6.45) is 8.94. The molecule has 30 heavy (non-hydrogen) atoms. The van der Waals surface area contributed by atoms with Crippen LogP contribution < -0.4 is 10.5 Å². The molecule has 2 aromatic rings. The Balaban J connectivity index is 1.57. The normalized spacial score (nSPS) is 24.1. The molecular weight excluding hydrogens is 396 g/mol. The summed E-state index contributed by atoms with van der Waals surface area (Å²) in [6, 6.07) is 1.21. The van der Waals surface area contributed by atoms with Crippen LogP contribution in [0, 0.1) is 24.2 Å². The van der Waals surface area contributed by atoms with Crippen LogP contribution in [0.5, 0.6) is 5.88 Å². The van der Waals surface area contributed by atoms with E-state index in [0.717, 1.165) is 0 Å². The fourth-order valence-corrected chi connectivity index (χ4v) is 3.54. The van der Waals surface area contributed by atoms with Crippen LogP contribution in [-0.2, 0) is 16.7 Å². The Labute approximate surface area is 170 Å². The SMILES string of the molecule is C#CCOc1cnc(C(=O)Cc2cnc(F)c([C@@]3(CF)N=C(N)O[C@@H]4C[C@@H]43)c2)cn1. The van der Waals surface area contributed by atoms with Crippen molar-refractivity contribution in [1.82, 2.24) is 15.0 Å². The number of aromatic nitrogens is 3. The van der Waals surface area contributed by atoms with E-state index in [1.165, 1.54) is 24.7 Å². The number of carbonyl (C=O) groups is 1. The molecule has 8 nitrogen and oxygen atoms in total. The number of hydrogen-bond donors (Lipinski definition) is 1. The van der Waals surface area contributed by atoms with Crippen LogP contribution in [-0.4, -0.2) is 46.1 Å². The van der Waals surface area contributed by atoms with E-state index < -0.39 is 18.2 Å². The lowest BCUT2D eigenvalue weighted by Crippen LogP contribution is -2.40. The number of rotatable bonds is 7. The van der Waals surface area contributed by atoms with Gasteiger partial charge in [-0.05, 0) is 18.1 Å². The van der Waals surface area contributed by atoms with Crippen molar-refractivity contribution in [3.05, 3.63) is 47.4 Å². The largest absolute Gasteiger partial charge is 0.463 e. The van der Waals surface area contributed by atoms with E-state index in [4.69, 9.17) is 21.6 Å². The van der Waals surface area contributed by atoms with Gasteiger partial charge in [-0.2, -0.15) is 4.39 Å². The van der Waals surface area contributed by atoms with Gasteiger partial charge in [-0.25, -0.2) is 24.3 Å². The molecule has 2 aromatic heterocycles. The summed E-state index contributed by atoms with van der Waals surface area (Å²) >= 11 is 0. The third kappa shape index (κ3) is 3.54.